The molecule has 12 heavy (non-hydrogen) atoms. The Kier molecular flexibility index (Phi) is 5.51. The van der Waals surface area contributed by atoms with Gasteiger partial charge in [-0.3, -0.25) is 4.90 Å². The molecule has 0 aromatic heterocycles. The number of nitrogens with zero attached hydrogens (tertiary/aromatic N) is 1. The molecule has 1 fully saturated rings. The van der Waals surface area contributed by atoms with Gasteiger partial charge < -0.3 is 5.11 Å². The third-order valence-corrected chi connectivity index (χ3v) is 2.72. The first-order valence-corrected chi connectivity index (χ1v) is 5.01. The van der Waals surface area contributed by atoms with E-state index in [0.29, 0.717) is 6.61 Å². The lowest BCUT2D eigenvalue weighted by Crippen LogP contribution is -2.49. The van der Waals surface area contributed by atoms with E-state index in [1.807, 2.05) is 13.8 Å². The number of aliphatic hydroxyl groups is 1. The van der Waals surface area contributed by atoms with Crippen molar-refractivity contribution in [2.45, 2.75) is 45.6 Å². The van der Waals surface area contributed by atoms with Gasteiger partial charge in [0, 0.05) is 5.54 Å². The molecule has 0 aromatic carbocycles. The molecule has 1 unspecified atom stereocenters. The van der Waals surface area contributed by atoms with Crippen molar-refractivity contribution in [3.05, 3.63) is 0 Å². The van der Waals surface area contributed by atoms with E-state index in [-0.39, 0.29) is 5.54 Å². The van der Waals surface area contributed by atoms with E-state index in [1.54, 1.807) is 0 Å². The van der Waals surface area contributed by atoms with Gasteiger partial charge in [0.1, 0.15) is 0 Å². The summed E-state index contributed by atoms with van der Waals surface area (Å²) in [6.07, 6.45) is 3.69. The average Bonchev–Trinajstić information content (AvgIpc) is 2.14. The van der Waals surface area contributed by atoms with Crippen molar-refractivity contribution in [3.8, 4) is 0 Å². The summed E-state index contributed by atoms with van der Waals surface area (Å²) in [5.41, 5.74) is 0.0677. The Labute approximate surface area is 76.6 Å². The molecule has 1 saturated heterocycles. The minimum Gasteiger partial charge on any atom is -0.394 e. The number of piperidine rings is 1. The van der Waals surface area contributed by atoms with Crippen molar-refractivity contribution in [1.82, 2.24) is 4.90 Å². The van der Waals surface area contributed by atoms with Gasteiger partial charge in [0.15, 0.2) is 0 Å². The second-order valence-corrected chi connectivity index (χ2v) is 3.53. The molecule has 1 rings (SSSR count). The van der Waals surface area contributed by atoms with Gasteiger partial charge in [0.05, 0.1) is 6.61 Å². The lowest BCUT2D eigenvalue weighted by Gasteiger charge is -2.41. The zero-order chi connectivity index (χ0) is 9.61. The molecule has 2 heteroatoms. The lowest BCUT2D eigenvalue weighted by atomic mass is 9.90. The predicted octanol–water partition coefficient (Wildman–Crippen LogP) is 1.88. The van der Waals surface area contributed by atoms with Crippen LogP contribution in [0.5, 0.6) is 0 Å². The first-order chi connectivity index (χ1) is 5.69. The Balaban J connectivity index is 0.000000561. The predicted molar refractivity (Wildman–Crippen MR) is 53.3 cm³/mol. The van der Waals surface area contributed by atoms with Crippen molar-refractivity contribution in [3.63, 3.8) is 0 Å². The van der Waals surface area contributed by atoms with Crippen molar-refractivity contribution in [2.75, 3.05) is 20.2 Å². The van der Waals surface area contributed by atoms with Crippen LogP contribution in [-0.2, 0) is 0 Å². The quantitative estimate of drug-likeness (QED) is 0.654. The number of rotatable bonds is 1. The largest absolute Gasteiger partial charge is 0.394 e. The van der Waals surface area contributed by atoms with E-state index < -0.39 is 0 Å². The standard InChI is InChI=1S/C8H17NO.C2H6/c1-8(7-10)5-3-4-6-9(8)2;1-2/h10H,3-7H2,1-2H3;1-2H3. The Hall–Kier alpha value is -0.0800. The van der Waals surface area contributed by atoms with Gasteiger partial charge >= 0.3 is 0 Å². The molecule has 0 aliphatic carbocycles. The first kappa shape index (κ1) is 11.9. The van der Waals surface area contributed by atoms with E-state index in [4.69, 9.17) is 5.11 Å². The van der Waals surface area contributed by atoms with Crippen LogP contribution >= 0.6 is 0 Å². The van der Waals surface area contributed by atoms with E-state index in [0.717, 1.165) is 13.0 Å². The summed E-state index contributed by atoms with van der Waals surface area (Å²) in [4.78, 5) is 2.26. The van der Waals surface area contributed by atoms with Gasteiger partial charge in [0.2, 0.25) is 0 Å². The Morgan fingerprint density at radius 2 is 1.92 bits per heavy atom. The maximum atomic E-state index is 9.08. The SMILES string of the molecule is CC.CN1CCCCC1(C)CO. The third-order valence-electron chi connectivity index (χ3n) is 2.72. The van der Waals surface area contributed by atoms with Crippen LogP contribution in [0.3, 0.4) is 0 Å². The molecule has 1 aliphatic heterocycles. The zero-order valence-corrected chi connectivity index (χ0v) is 8.93. The summed E-state index contributed by atoms with van der Waals surface area (Å²) in [5.74, 6) is 0. The Bertz CT molecular complexity index is 116. The van der Waals surface area contributed by atoms with Crippen LogP contribution in [0.25, 0.3) is 0 Å². The Morgan fingerprint density at radius 3 is 2.25 bits per heavy atom. The normalized spacial score (nSPS) is 30.8. The molecule has 0 amide bonds. The fourth-order valence-electron chi connectivity index (χ4n) is 1.52. The summed E-state index contributed by atoms with van der Waals surface area (Å²) < 4.78 is 0. The average molecular weight is 173 g/mol. The molecule has 0 bridgehead atoms. The topological polar surface area (TPSA) is 23.5 Å². The molecule has 1 aliphatic rings. The van der Waals surface area contributed by atoms with E-state index in [2.05, 4.69) is 18.9 Å². The highest BCUT2D eigenvalue weighted by Gasteiger charge is 2.30. The van der Waals surface area contributed by atoms with Gasteiger partial charge in [-0.15, -0.1) is 0 Å². The molecular weight excluding hydrogens is 150 g/mol. The van der Waals surface area contributed by atoms with Crippen LogP contribution in [-0.4, -0.2) is 35.7 Å². The van der Waals surface area contributed by atoms with Gasteiger partial charge in [-0.25, -0.2) is 0 Å². The van der Waals surface area contributed by atoms with Crippen molar-refractivity contribution >= 4 is 0 Å². The van der Waals surface area contributed by atoms with Gasteiger partial charge in [-0.2, -0.15) is 0 Å². The fraction of sp³-hybridized carbons (Fsp3) is 1.00. The fourth-order valence-corrected chi connectivity index (χ4v) is 1.52. The smallest absolute Gasteiger partial charge is 0.0612 e. The van der Waals surface area contributed by atoms with E-state index >= 15 is 0 Å². The molecule has 0 spiro atoms. The highest BCUT2D eigenvalue weighted by Crippen LogP contribution is 2.25. The maximum Gasteiger partial charge on any atom is 0.0612 e. The van der Waals surface area contributed by atoms with E-state index in [9.17, 15) is 0 Å². The number of hydrogen-bond acceptors (Lipinski definition) is 2. The molecule has 74 valence electrons. The lowest BCUT2D eigenvalue weighted by molar-refractivity contribution is 0.0325. The van der Waals surface area contributed by atoms with Crippen molar-refractivity contribution in [1.29, 1.82) is 0 Å². The first-order valence-electron chi connectivity index (χ1n) is 5.01. The number of hydrogen-bond donors (Lipinski definition) is 1. The molecule has 0 radical (unpaired) electrons. The molecule has 0 saturated carbocycles. The molecule has 1 N–H and O–H groups in total. The highest BCUT2D eigenvalue weighted by molar-refractivity contribution is 4.86. The van der Waals surface area contributed by atoms with E-state index in [1.165, 1.54) is 12.8 Å². The van der Waals surface area contributed by atoms with Crippen LogP contribution in [0.4, 0.5) is 0 Å². The Morgan fingerprint density at radius 1 is 1.33 bits per heavy atom. The summed E-state index contributed by atoms with van der Waals surface area (Å²) in [6, 6.07) is 0. The van der Waals surface area contributed by atoms with Crippen LogP contribution in [0.15, 0.2) is 0 Å². The number of likely N-dealkylation sites (N-methyl/N-ethyl adjacent to an activating group) is 1. The second kappa shape index (κ2) is 5.55. The third kappa shape index (κ3) is 2.76. The van der Waals surface area contributed by atoms with Crippen molar-refractivity contribution < 1.29 is 5.11 Å². The van der Waals surface area contributed by atoms with Gasteiger partial charge in [0.25, 0.3) is 0 Å². The van der Waals surface area contributed by atoms with Crippen molar-refractivity contribution in [2.24, 2.45) is 0 Å². The van der Waals surface area contributed by atoms with Gasteiger partial charge in [-0.05, 0) is 33.4 Å². The highest BCUT2D eigenvalue weighted by atomic mass is 16.3. The maximum absolute atomic E-state index is 9.08. The van der Waals surface area contributed by atoms with Gasteiger partial charge in [-0.1, -0.05) is 20.3 Å². The molecule has 0 aromatic rings. The van der Waals surface area contributed by atoms with Crippen LogP contribution in [0, 0.1) is 0 Å². The number of aliphatic hydroxyl groups excluding tert-OH is 1. The van der Waals surface area contributed by atoms with Crippen LogP contribution in [0.1, 0.15) is 40.0 Å². The minimum absolute atomic E-state index is 0.0677. The second-order valence-electron chi connectivity index (χ2n) is 3.53. The summed E-state index contributed by atoms with van der Waals surface area (Å²) in [6.45, 7) is 7.56. The molecule has 1 heterocycles. The summed E-state index contributed by atoms with van der Waals surface area (Å²) >= 11 is 0. The zero-order valence-electron chi connectivity index (χ0n) is 8.93. The van der Waals surface area contributed by atoms with Crippen LogP contribution < -0.4 is 0 Å². The summed E-state index contributed by atoms with van der Waals surface area (Å²) in [7, 11) is 2.09. The summed E-state index contributed by atoms with van der Waals surface area (Å²) in [5, 5.41) is 9.08. The monoisotopic (exact) mass is 173 g/mol. The van der Waals surface area contributed by atoms with Crippen LogP contribution in [0.2, 0.25) is 0 Å². The number of likely N-dealkylation sites (tertiary alicyclic amines) is 1. The molecular formula is C10H23NO. The molecule has 2 nitrogen and oxygen atoms in total. The minimum atomic E-state index is 0.0677. The molecule has 1 atom stereocenters.